The molecule has 1 aliphatic heterocycles. The van der Waals surface area contributed by atoms with Gasteiger partial charge >= 0.3 is 6.18 Å². The predicted molar refractivity (Wildman–Crippen MR) is 108 cm³/mol. The first kappa shape index (κ1) is 22.6. The minimum atomic E-state index is -4.59. The lowest BCUT2D eigenvalue weighted by atomic mass is 10.1. The van der Waals surface area contributed by atoms with E-state index in [0.717, 1.165) is 23.5 Å². The second-order valence-corrected chi connectivity index (χ2v) is 7.48. The summed E-state index contributed by atoms with van der Waals surface area (Å²) in [6, 6.07) is 11.4. The highest BCUT2D eigenvalue weighted by Gasteiger charge is 2.31. The molecular formula is C22H24F3N3O3. The molecule has 2 heterocycles. The molecule has 1 aliphatic rings. The first-order valence-corrected chi connectivity index (χ1v) is 10.1. The summed E-state index contributed by atoms with van der Waals surface area (Å²) in [6.07, 6.45) is -1.96. The summed E-state index contributed by atoms with van der Waals surface area (Å²) in [5.74, 6) is -0.422. The number of halogens is 3. The van der Waals surface area contributed by atoms with Crippen molar-refractivity contribution in [2.24, 2.45) is 0 Å². The molecular weight excluding hydrogens is 411 g/mol. The molecule has 0 N–H and O–H groups in total. The van der Waals surface area contributed by atoms with Crippen LogP contribution in [-0.4, -0.2) is 52.4 Å². The van der Waals surface area contributed by atoms with Gasteiger partial charge in [-0.1, -0.05) is 30.3 Å². The number of hydrogen-bond donors (Lipinski definition) is 0. The lowest BCUT2D eigenvalue weighted by molar-refractivity contribution is -0.140. The Bertz CT molecular complexity index is 965. The Labute approximate surface area is 177 Å². The van der Waals surface area contributed by atoms with Gasteiger partial charge in [0.15, 0.2) is 0 Å². The third-order valence-corrected chi connectivity index (χ3v) is 5.30. The molecule has 0 bridgehead atoms. The lowest BCUT2D eigenvalue weighted by Crippen LogP contribution is -2.51. The molecule has 0 saturated carbocycles. The number of aryl methyl sites for hydroxylation is 1. The van der Waals surface area contributed by atoms with E-state index in [-0.39, 0.29) is 19.0 Å². The van der Waals surface area contributed by atoms with Crippen LogP contribution in [0.5, 0.6) is 0 Å². The molecule has 9 heteroatoms. The first-order chi connectivity index (χ1) is 14.7. The summed E-state index contributed by atoms with van der Waals surface area (Å²) in [7, 11) is 0. The van der Waals surface area contributed by atoms with Gasteiger partial charge in [-0.05, 0) is 24.5 Å². The van der Waals surface area contributed by atoms with Gasteiger partial charge in [-0.3, -0.25) is 14.4 Å². The van der Waals surface area contributed by atoms with E-state index < -0.39 is 29.8 Å². The van der Waals surface area contributed by atoms with Crippen LogP contribution >= 0.6 is 0 Å². The molecule has 31 heavy (non-hydrogen) atoms. The normalized spacial score (nSPS) is 14.5. The number of piperazine rings is 1. The van der Waals surface area contributed by atoms with Crippen LogP contribution in [0, 0.1) is 0 Å². The van der Waals surface area contributed by atoms with E-state index in [0.29, 0.717) is 31.8 Å². The van der Waals surface area contributed by atoms with Gasteiger partial charge in [-0.25, -0.2) is 0 Å². The van der Waals surface area contributed by atoms with Crippen molar-refractivity contribution in [2.45, 2.75) is 32.0 Å². The largest absolute Gasteiger partial charge is 0.417 e. The number of nitrogens with zero attached hydrogens (tertiary/aromatic N) is 3. The fourth-order valence-corrected chi connectivity index (χ4v) is 3.52. The number of pyridine rings is 1. The molecule has 166 valence electrons. The van der Waals surface area contributed by atoms with E-state index in [9.17, 15) is 27.6 Å². The minimum Gasteiger partial charge on any atom is -0.339 e. The molecule has 1 aromatic heterocycles. The monoisotopic (exact) mass is 435 g/mol. The molecule has 1 saturated heterocycles. The number of aromatic nitrogens is 1. The quantitative estimate of drug-likeness (QED) is 0.701. The van der Waals surface area contributed by atoms with E-state index >= 15 is 0 Å². The number of rotatable bonds is 6. The Morgan fingerprint density at radius 2 is 1.48 bits per heavy atom. The van der Waals surface area contributed by atoms with Gasteiger partial charge in [0.05, 0.1) is 5.56 Å². The highest BCUT2D eigenvalue weighted by molar-refractivity contribution is 5.78. The number of benzene rings is 1. The van der Waals surface area contributed by atoms with E-state index in [2.05, 4.69) is 0 Å². The standard InChI is InChI=1S/C22H24F3N3O3/c23-22(24,25)18-9-10-20(30)28(15-18)16-21(31)27-13-11-26(12-14-27)19(29)8-4-7-17-5-2-1-3-6-17/h1-3,5-6,9-10,15H,4,7-8,11-14,16H2. The van der Waals surface area contributed by atoms with Crippen LogP contribution in [0.3, 0.4) is 0 Å². The Balaban J connectivity index is 1.47. The van der Waals surface area contributed by atoms with E-state index in [4.69, 9.17) is 0 Å². The lowest BCUT2D eigenvalue weighted by Gasteiger charge is -2.35. The summed E-state index contributed by atoms with van der Waals surface area (Å²) in [5.41, 5.74) is -0.477. The topological polar surface area (TPSA) is 62.6 Å². The van der Waals surface area contributed by atoms with Crippen LogP contribution in [0.15, 0.2) is 53.5 Å². The Hall–Kier alpha value is -3.10. The van der Waals surface area contributed by atoms with Gasteiger partial charge in [0, 0.05) is 44.9 Å². The summed E-state index contributed by atoms with van der Waals surface area (Å²) in [6.45, 7) is 0.850. The van der Waals surface area contributed by atoms with Crippen LogP contribution in [0.2, 0.25) is 0 Å². The van der Waals surface area contributed by atoms with Crippen molar-refractivity contribution < 1.29 is 22.8 Å². The number of amides is 2. The molecule has 0 radical (unpaired) electrons. The van der Waals surface area contributed by atoms with Crippen molar-refractivity contribution in [3.8, 4) is 0 Å². The van der Waals surface area contributed by atoms with Gasteiger partial charge in [0.1, 0.15) is 6.54 Å². The molecule has 0 unspecified atom stereocenters. The van der Waals surface area contributed by atoms with Crippen LogP contribution in [0.25, 0.3) is 0 Å². The average molecular weight is 435 g/mol. The first-order valence-electron chi connectivity index (χ1n) is 10.1. The van der Waals surface area contributed by atoms with Gasteiger partial charge in [-0.2, -0.15) is 13.2 Å². The van der Waals surface area contributed by atoms with Gasteiger partial charge in [-0.15, -0.1) is 0 Å². The minimum absolute atomic E-state index is 0.0251. The summed E-state index contributed by atoms with van der Waals surface area (Å²) in [5, 5.41) is 0. The maximum absolute atomic E-state index is 12.8. The Morgan fingerprint density at radius 1 is 0.871 bits per heavy atom. The van der Waals surface area contributed by atoms with Crippen molar-refractivity contribution in [1.82, 2.24) is 14.4 Å². The van der Waals surface area contributed by atoms with Crippen molar-refractivity contribution in [3.63, 3.8) is 0 Å². The van der Waals surface area contributed by atoms with Crippen LogP contribution in [-0.2, 0) is 28.7 Å². The van der Waals surface area contributed by atoms with Crippen LogP contribution < -0.4 is 5.56 Å². The van der Waals surface area contributed by atoms with Gasteiger partial charge in [0.2, 0.25) is 11.8 Å². The molecule has 0 aliphatic carbocycles. The van der Waals surface area contributed by atoms with Crippen molar-refractivity contribution in [2.75, 3.05) is 26.2 Å². The molecule has 1 fully saturated rings. The summed E-state index contributed by atoms with van der Waals surface area (Å²) in [4.78, 5) is 39.9. The van der Waals surface area contributed by atoms with Gasteiger partial charge < -0.3 is 14.4 Å². The SMILES string of the molecule is O=C(CCCc1ccccc1)N1CCN(C(=O)Cn2cc(C(F)(F)F)ccc2=O)CC1. The van der Waals surface area contributed by atoms with Gasteiger partial charge in [0.25, 0.3) is 5.56 Å². The highest BCUT2D eigenvalue weighted by Crippen LogP contribution is 2.28. The number of carbonyl (C=O) groups is 2. The Kier molecular flexibility index (Phi) is 7.14. The third kappa shape index (κ3) is 6.19. The zero-order valence-electron chi connectivity index (χ0n) is 17.0. The zero-order chi connectivity index (χ0) is 22.4. The number of hydrogen-bond acceptors (Lipinski definition) is 3. The average Bonchev–Trinajstić information content (AvgIpc) is 2.75. The maximum atomic E-state index is 12.8. The van der Waals surface area contributed by atoms with E-state index in [1.54, 1.807) is 4.90 Å². The third-order valence-electron chi connectivity index (χ3n) is 5.30. The highest BCUT2D eigenvalue weighted by atomic mass is 19.4. The molecule has 0 spiro atoms. The van der Waals surface area contributed by atoms with E-state index in [1.165, 1.54) is 10.5 Å². The molecule has 2 aromatic rings. The van der Waals surface area contributed by atoms with Crippen molar-refractivity contribution in [1.29, 1.82) is 0 Å². The Morgan fingerprint density at radius 3 is 2.10 bits per heavy atom. The second kappa shape index (κ2) is 9.80. The smallest absolute Gasteiger partial charge is 0.339 e. The molecule has 1 aromatic carbocycles. The van der Waals surface area contributed by atoms with Crippen molar-refractivity contribution in [3.05, 3.63) is 70.1 Å². The van der Waals surface area contributed by atoms with Crippen molar-refractivity contribution >= 4 is 11.8 Å². The maximum Gasteiger partial charge on any atom is 0.417 e. The summed E-state index contributed by atoms with van der Waals surface area (Å²) < 4.78 is 39.3. The fraction of sp³-hybridized carbons (Fsp3) is 0.409. The molecule has 6 nitrogen and oxygen atoms in total. The predicted octanol–water partition coefficient (Wildman–Crippen LogP) is 2.56. The molecule has 0 atom stereocenters. The fourth-order valence-electron chi connectivity index (χ4n) is 3.52. The zero-order valence-corrected chi connectivity index (χ0v) is 17.0. The summed E-state index contributed by atoms with van der Waals surface area (Å²) >= 11 is 0. The van der Waals surface area contributed by atoms with Crippen LogP contribution in [0.4, 0.5) is 13.2 Å². The number of carbonyl (C=O) groups excluding carboxylic acids is 2. The molecule has 3 rings (SSSR count). The number of alkyl halides is 3. The van der Waals surface area contributed by atoms with Crippen LogP contribution in [0.1, 0.15) is 24.0 Å². The van der Waals surface area contributed by atoms with E-state index in [1.807, 2.05) is 30.3 Å². The second-order valence-electron chi connectivity index (χ2n) is 7.48. The molecule has 2 amide bonds.